The van der Waals surface area contributed by atoms with Gasteiger partial charge in [0.2, 0.25) is 0 Å². The molecule has 0 spiro atoms. The zero-order valence-electron chi connectivity index (χ0n) is 8.15. The molecule has 2 amide bonds. The molecule has 3 N–H and O–H groups in total. The van der Waals surface area contributed by atoms with E-state index in [-0.39, 0.29) is 5.92 Å². The van der Waals surface area contributed by atoms with Crippen molar-refractivity contribution in [3.63, 3.8) is 0 Å². The monoisotopic (exact) mass is 188 g/mol. The molecule has 0 bridgehead atoms. The Kier molecular flexibility index (Phi) is 4.23. The Morgan fingerprint density at radius 3 is 2.00 bits per heavy atom. The average Bonchev–Trinajstić information content (AvgIpc) is 1.97. The number of carboxylic acid groups (broad SMARTS) is 1. The first-order valence-corrected chi connectivity index (χ1v) is 4.20. The first-order chi connectivity index (χ1) is 5.91. The van der Waals surface area contributed by atoms with E-state index in [0.717, 1.165) is 4.90 Å². The molecule has 0 unspecified atom stereocenters. The molecule has 0 aromatic rings. The number of primary amides is 1. The van der Waals surface area contributed by atoms with Gasteiger partial charge in [0.1, 0.15) is 6.04 Å². The number of amides is 2. The summed E-state index contributed by atoms with van der Waals surface area (Å²) in [5.74, 6) is -1.17. The van der Waals surface area contributed by atoms with Gasteiger partial charge in [-0.15, -0.1) is 0 Å². The molecule has 5 heteroatoms. The number of rotatable bonds is 4. The summed E-state index contributed by atoms with van der Waals surface area (Å²) < 4.78 is 0. The average molecular weight is 188 g/mol. The summed E-state index contributed by atoms with van der Waals surface area (Å²) in [6.07, 6.45) is 0. The van der Waals surface area contributed by atoms with Crippen LogP contribution in [-0.2, 0) is 4.79 Å². The predicted octanol–water partition coefficient (Wildman–Crippen LogP) is 0.496. The summed E-state index contributed by atoms with van der Waals surface area (Å²) >= 11 is 0. The molecule has 0 saturated carbocycles. The van der Waals surface area contributed by atoms with Crippen molar-refractivity contribution in [1.82, 2.24) is 4.90 Å². The van der Waals surface area contributed by atoms with Gasteiger partial charge in [0.15, 0.2) is 0 Å². The molecule has 0 heterocycles. The summed E-state index contributed by atoms with van der Waals surface area (Å²) in [6, 6.07) is -1.52. The zero-order valence-corrected chi connectivity index (χ0v) is 8.15. The van der Waals surface area contributed by atoms with E-state index >= 15 is 0 Å². The minimum atomic E-state index is -1.02. The van der Waals surface area contributed by atoms with E-state index < -0.39 is 18.0 Å². The van der Waals surface area contributed by atoms with Crippen LogP contribution in [0.4, 0.5) is 4.79 Å². The molecular formula is C8H16N2O3. The number of hydrogen-bond donors (Lipinski definition) is 2. The lowest BCUT2D eigenvalue weighted by Gasteiger charge is -2.28. The Labute approximate surface area is 77.5 Å². The molecule has 5 nitrogen and oxygen atoms in total. The van der Waals surface area contributed by atoms with Crippen LogP contribution in [0.3, 0.4) is 0 Å². The molecule has 0 fully saturated rings. The topological polar surface area (TPSA) is 83.6 Å². The first-order valence-electron chi connectivity index (χ1n) is 4.20. The van der Waals surface area contributed by atoms with E-state index in [1.807, 2.05) is 0 Å². The maximum absolute atomic E-state index is 10.9. The highest BCUT2D eigenvalue weighted by Crippen LogP contribution is 2.10. The van der Waals surface area contributed by atoms with Crippen molar-refractivity contribution in [2.75, 3.05) is 6.54 Å². The van der Waals surface area contributed by atoms with E-state index in [0.29, 0.717) is 6.54 Å². The van der Waals surface area contributed by atoms with Gasteiger partial charge < -0.3 is 15.7 Å². The Hall–Kier alpha value is -1.26. The molecule has 0 aliphatic rings. The zero-order chi connectivity index (χ0) is 10.6. The number of urea groups is 1. The largest absolute Gasteiger partial charge is 0.480 e. The molecule has 0 aromatic heterocycles. The van der Waals surface area contributed by atoms with Crippen LogP contribution < -0.4 is 5.73 Å². The number of nitrogens with zero attached hydrogens (tertiary/aromatic N) is 1. The Balaban J connectivity index is 4.69. The third kappa shape index (κ3) is 2.93. The summed E-state index contributed by atoms with van der Waals surface area (Å²) in [6.45, 7) is 5.49. The maximum Gasteiger partial charge on any atom is 0.326 e. The Morgan fingerprint density at radius 2 is 1.92 bits per heavy atom. The Morgan fingerprint density at radius 1 is 1.46 bits per heavy atom. The smallest absolute Gasteiger partial charge is 0.326 e. The van der Waals surface area contributed by atoms with E-state index in [1.54, 1.807) is 20.8 Å². The number of carboxylic acids is 1. The summed E-state index contributed by atoms with van der Waals surface area (Å²) in [4.78, 5) is 22.8. The second kappa shape index (κ2) is 4.69. The number of carbonyl (C=O) groups is 2. The van der Waals surface area contributed by atoms with E-state index in [1.165, 1.54) is 0 Å². The highest BCUT2D eigenvalue weighted by Gasteiger charge is 2.29. The minimum Gasteiger partial charge on any atom is -0.480 e. The van der Waals surface area contributed by atoms with Crippen molar-refractivity contribution < 1.29 is 14.7 Å². The van der Waals surface area contributed by atoms with Gasteiger partial charge >= 0.3 is 12.0 Å². The van der Waals surface area contributed by atoms with E-state index in [9.17, 15) is 9.59 Å². The SMILES string of the molecule is CCN(C(N)=O)[C@H](C(=O)O)C(C)C. The van der Waals surface area contributed by atoms with Crippen molar-refractivity contribution in [2.45, 2.75) is 26.8 Å². The fraction of sp³-hybridized carbons (Fsp3) is 0.750. The first kappa shape index (κ1) is 11.7. The molecule has 76 valence electrons. The number of likely N-dealkylation sites (N-methyl/N-ethyl adjacent to an activating group) is 1. The summed E-state index contributed by atoms with van der Waals surface area (Å²) in [7, 11) is 0. The van der Waals surface area contributed by atoms with Crippen LogP contribution in [0.25, 0.3) is 0 Å². The van der Waals surface area contributed by atoms with Crippen molar-refractivity contribution in [3.05, 3.63) is 0 Å². The third-order valence-corrected chi connectivity index (χ3v) is 1.84. The van der Waals surface area contributed by atoms with E-state index in [4.69, 9.17) is 10.8 Å². The predicted molar refractivity (Wildman–Crippen MR) is 48.2 cm³/mol. The number of hydrogen-bond acceptors (Lipinski definition) is 2. The van der Waals surface area contributed by atoms with Gasteiger partial charge in [-0.2, -0.15) is 0 Å². The van der Waals surface area contributed by atoms with E-state index in [2.05, 4.69) is 0 Å². The number of aliphatic carboxylic acids is 1. The van der Waals surface area contributed by atoms with Crippen molar-refractivity contribution in [1.29, 1.82) is 0 Å². The lowest BCUT2D eigenvalue weighted by atomic mass is 10.0. The van der Waals surface area contributed by atoms with Gasteiger partial charge in [-0.1, -0.05) is 13.8 Å². The maximum atomic E-state index is 10.9. The van der Waals surface area contributed by atoms with Gasteiger partial charge in [-0.05, 0) is 12.8 Å². The fourth-order valence-electron chi connectivity index (χ4n) is 1.27. The third-order valence-electron chi connectivity index (χ3n) is 1.84. The van der Waals surface area contributed by atoms with Crippen LogP contribution >= 0.6 is 0 Å². The van der Waals surface area contributed by atoms with Crippen LogP contribution in [-0.4, -0.2) is 34.6 Å². The molecule has 13 heavy (non-hydrogen) atoms. The highest BCUT2D eigenvalue weighted by molar-refractivity contribution is 5.81. The molecular weight excluding hydrogens is 172 g/mol. The lowest BCUT2D eigenvalue weighted by Crippen LogP contribution is -2.50. The van der Waals surface area contributed by atoms with Crippen molar-refractivity contribution in [2.24, 2.45) is 11.7 Å². The van der Waals surface area contributed by atoms with Crippen molar-refractivity contribution >= 4 is 12.0 Å². The molecule has 1 atom stereocenters. The van der Waals surface area contributed by atoms with Crippen LogP contribution in [0.1, 0.15) is 20.8 Å². The number of carbonyl (C=O) groups excluding carboxylic acids is 1. The lowest BCUT2D eigenvalue weighted by molar-refractivity contribution is -0.143. The minimum absolute atomic E-state index is 0.148. The molecule has 0 radical (unpaired) electrons. The van der Waals surface area contributed by atoms with Crippen LogP contribution in [0, 0.1) is 5.92 Å². The Bertz CT molecular complexity index is 204. The number of nitrogens with two attached hydrogens (primary N) is 1. The molecule has 0 aliphatic carbocycles. The van der Waals surface area contributed by atoms with Crippen LogP contribution in [0.5, 0.6) is 0 Å². The molecule has 0 aliphatic heterocycles. The summed E-state index contributed by atoms with van der Waals surface area (Å²) in [5, 5.41) is 8.84. The summed E-state index contributed by atoms with van der Waals surface area (Å²) in [5.41, 5.74) is 5.05. The van der Waals surface area contributed by atoms with Gasteiger partial charge in [0, 0.05) is 6.54 Å². The highest BCUT2D eigenvalue weighted by atomic mass is 16.4. The van der Waals surface area contributed by atoms with Gasteiger partial charge in [0.25, 0.3) is 0 Å². The van der Waals surface area contributed by atoms with Gasteiger partial charge in [-0.25, -0.2) is 9.59 Å². The van der Waals surface area contributed by atoms with Crippen molar-refractivity contribution in [3.8, 4) is 0 Å². The van der Waals surface area contributed by atoms with Gasteiger partial charge in [-0.3, -0.25) is 0 Å². The van der Waals surface area contributed by atoms with Gasteiger partial charge in [0.05, 0.1) is 0 Å². The fourth-order valence-corrected chi connectivity index (χ4v) is 1.27. The normalized spacial score (nSPS) is 12.6. The quantitative estimate of drug-likeness (QED) is 0.673. The molecule has 0 rings (SSSR count). The van der Waals surface area contributed by atoms with Crippen LogP contribution in [0.2, 0.25) is 0 Å². The van der Waals surface area contributed by atoms with Crippen LogP contribution in [0.15, 0.2) is 0 Å². The molecule has 0 saturated heterocycles. The standard InChI is InChI=1S/C8H16N2O3/c1-4-10(8(9)13)6(5(2)3)7(11)12/h5-6H,4H2,1-3H3,(H2,9,13)(H,11,12)/t6-/m0/s1. The molecule has 0 aromatic carbocycles. The second-order valence-corrected chi connectivity index (χ2v) is 3.15. The second-order valence-electron chi connectivity index (χ2n) is 3.15.